The van der Waals surface area contributed by atoms with Crippen molar-refractivity contribution in [3.05, 3.63) is 72.3 Å². The third kappa shape index (κ3) is 2.05. The molecule has 0 aliphatic heterocycles. The Hall–Kier alpha value is -2.94. The largest absolute Gasteiger partial charge is 0.507 e. The van der Waals surface area contributed by atoms with E-state index in [1.165, 1.54) is 6.08 Å². The second kappa shape index (κ2) is 5.06. The molecule has 2 aliphatic carbocycles. The van der Waals surface area contributed by atoms with E-state index in [2.05, 4.69) is 0 Å². The van der Waals surface area contributed by atoms with Gasteiger partial charge in [0.2, 0.25) is 11.6 Å². The number of phenolic OH excluding ortho intramolecular Hbond substituents is 1. The van der Waals surface area contributed by atoms with Crippen molar-refractivity contribution in [3.63, 3.8) is 0 Å². The van der Waals surface area contributed by atoms with Gasteiger partial charge in [-0.05, 0) is 28.5 Å². The molecule has 2 aromatic rings. The van der Waals surface area contributed by atoms with Crippen LogP contribution in [0.3, 0.4) is 0 Å². The number of hydrogen-bond donors (Lipinski definition) is 1. The Morgan fingerprint density at radius 1 is 0.870 bits per heavy atom. The Kier molecular flexibility index (Phi) is 3.01. The normalized spacial score (nSPS) is 23.0. The highest BCUT2D eigenvalue weighted by Gasteiger charge is 2.37. The molecule has 0 spiro atoms. The molecule has 112 valence electrons. The zero-order valence-corrected chi connectivity index (χ0v) is 12.3. The summed E-state index contributed by atoms with van der Waals surface area (Å²) >= 11 is 0. The molecule has 1 N–H and O–H groups in total. The molecule has 3 heteroatoms. The third-order valence-corrected chi connectivity index (χ3v) is 4.52. The molecule has 0 heterocycles. The number of Topliss-reactive ketones (excluding diaryl/α,β-unsaturated/α-hetero) is 1. The smallest absolute Gasteiger partial charge is 0.222 e. The van der Waals surface area contributed by atoms with E-state index in [9.17, 15) is 14.7 Å². The first-order valence-corrected chi connectivity index (χ1v) is 7.52. The van der Waals surface area contributed by atoms with Crippen molar-refractivity contribution in [2.75, 3.05) is 0 Å². The van der Waals surface area contributed by atoms with Gasteiger partial charge in [0.15, 0.2) is 0 Å². The first kappa shape index (κ1) is 13.7. The maximum Gasteiger partial charge on any atom is 0.222 e. The van der Waals surface area contributed by atoms with E-state index >= 15 is 0 Å². The van der Waals surface area contributed by atoms with E-state index < -0.39 is 11.7 Å². The van der Waals surface area contributed by atoms with Crippen LogP contribution in [0.25, 0.3) is 16.3 Å². The summed E-state index contributed by atoms with van der Waals surface area (Å²) in [5, 5.41) is 12.3. The van der Waals surface area contributed by atoms with Crippen molar-refractivity contribution in [2.45, 2.75) is 0 Å². The Labute approximate surface area is 133 Å². The van der Waals surface area contributed by atoms with Gasteiger partial charge in [-0.2, -0.15) is 0 Å². The number of benzene rings is 2. The molecule has 0 amide bonds. The van der Waals surface area contributed by atoms with Crippen LogP contribution < -0.4 is 0 Å². The number of rotatable bonds is 1. The lowest BCUT2D eigenvalue weighted by Gasteiger charge is -2.29. The van der Waals surface area contributed by atoms with Gasteiger partial charge in [0, 0.05) is 11.5 Å². The zero-order valence-electron chi connectivity index (χ0n) is 12.3. The lowest BCUT2D eigenvalue weighted by Crippen LogP contribution is -2.33. The number of carbonyl (C=O) groups is 2. The SMILES string of the molecule is O=C1C=C(c2c(O)ccc3ccccc23)C2C=CC=CC2C1=O. The Morgan fingerprint density at radius 3 is 2.43 bits per heavy atom. The van der Waals surface area contributed by atoms with E-state index in [1.807, 2.05) is 42.5 Å². The summed E-state index contributed by atoms with van der Waals surface area (Å²) < 4.78 is 0. The summed E-state index contributed by atoms with van der Waals surface area (Å²) in [6.07, 6.45) is 8.73. The molecule has 4 rings (SSSR count). The van der Waals surface area contributed by atoms with Crippen molar-refractivity contribution in [3.8, 4) is 5.75 Å². The second-order valence-electron chi connectivity index (χ2n) is 5.83. The van der Waals surface area contributed by atoms with Crippen LogP contribution in [0.5, 0.6) is 5.75 Å². The van der Waals surface area contributed by atoms with Gasteiger partial charge in [-0.1, -0.05) is 54.6 Å². The van der Waals surface area contributed by atoms with E-state index in [4.69, 9.17) is 0 Å². The van der Waals surface area contributed by atoms with Gasteiger partial charge < -0.3 is 5.11 Å². The fourth-order valence-electron chi connectivity index (χ4n) is 3.43. The van der Waals surface area contributed by atoms with Crippen LogP contribution in [0.2, 0.25) is 0 Å². The van der Waals surface area contributed by atoms with E-state index in [1.54, 1.807) is 18.2 Å². The van der Waals surface area contributed by atoms with Crippen LogP contribution in [-0.2, 0) is 9.59 Å². The molecule has 2 aromatic carbocycles. The van der Waals surface area contributed by atoms with Crippen molar-refractivity contribution >= 4 is 27.9 Å². The molecular formula is C20H14O3. The zero-order chi connectivity index (χ0) is 16.0. The van der Waals surface area contributed by atoms with E-state index in [0.29, 0.717) is 11.1 Å². The first-order chi connectivity index (χ1) is 11.2. The molecule has 2 atom stereocenters. The summed E-state index contributed by atoms with van der Waals surface area (Å²) in [6.45, 7) is 0. The standard InChI is InChI=1S/C20H14O3/c21-17-10-9-12-5-1-2-6-13(12)19(17)16-11-18(22)20(23)15-8-4-3-7-14(15)16/h1-11,14-15,21H. The highest BCUT2D eigenvalue weighted by atomic mass is 16.3. The van der Waals surface area contributed by atoms with Gasteiger partial charge in [-0.3, -0.25) is 9.59 Å². The molecule has 2 unspecified atom stereocenters. The maximum atomic E-state index is 12.1. The molecule has 0 saturated heterocycles. The highest BCUT2D eigenvalue weighted by Crippen LogP contribution is 2.43. The number of phenols is 1. The minimum absolute atomic E-state index is 0.124. The summed E-state index contributed by atoms with van der Waals surface area (Å²) in [4.78, 5) is 24.3. The highest BCUT2D eigenvalue weighted by molar-refractivity contribution is 6.45. The van der Waals surface area contributed by atoms with Crippen LogP contribution in [0.1, 0.15) is 5.56 Å². The molecule has 0 bridgehead atoms. The monoisotopic (exact) mass is 302 g/mol. The molecule has 0 saturated carbocycles. The quantitative estimate of drug-likeness (QED) is 0.821. The van der Waals surface area contributed by atoms with Gasteiger partial charge in [0.05, 0.1) is 5.92 Å². The Morgan fingerprint density at radius 2 is 1.61 bits per heavy atom. The second-order valence-corrected chi connectivity index (χ2v) is 5.83. The van der Waals surface area contributed by atoms with Gasteiger partial charge in [-0.25, -0.2) is 0 Å². The molecule has 0 fully saturated rings. The predicted octanol–water partition coefficient (Wildman–Crippen LogP) is 3.44. The van der Waals surface area contributed by atoms with Crippen LogP contribution >= 0.6 is 0 Å². The van der Waals surface area contributed by atoms with Crippen molar-refractivity contribution in [1.29, 1.82) is 0 Å². The van der Waals surface area contributed by atoms with Crippen LogP contribution in [0.15, 0.2) is 66.8 Å². The minimum Gasteiger partial charge on any atom is -0.507 e. The van der Waals surface area contributed by atoms with E-state index in [-0.39, 0.29) is 17.5 Å². The first-order valence-electron chi connectivity index (χ1n) is 7.52. The van der Waals surface area contributed by atoms with Gasteiger partial charge in [0.1, 0.15) is 5.75 Å². The summed E-state index contributed by atoms with van der Waals surface area (Å²) in [5.74, 6) is -1.47. The number of allylic oxidation sites excluding steroid dienone is 6. The fraction of sp³-hybridized carbons (Fsp3) is 0.100. The lowest BCUT2D eigenvalue weighted by atomic mass is 9.72. The molecular weight excluding hydrogens is 288 g/mol. The van der Waals surface area contributed by atoms with Crippen LogP contribution in [-0.4, -0.2) is 16.7 Å². The number of ketones is 2. The van der Waals surface area contributed by atoms with Gasteiger partial charge in [-0.15, -0.1) is 0 Å². The Bertz CT molecular complexity index is 931. The van der Waals surface area contributed by atoms with Crippen molar-refractivity contribution in [2.24, 2.45) is 11.8 Å². The number of carbonyl (C=O) groups excluding carboxylic acids is 2. The van der Waals surface area contributed by atoms with Crippen molar-refractivity contribution < 1.29 is 14.7 Å². The predicted molar refractivity (Wildman–Crippen MR) is 88.9 cm³/mol. The molecule has 23 heavy (non-hydrogen) atoms. The number of fused-ring (bicyclic) bond motifs is 2. The summed E-state index contributed by atoms with van der Waals surface area (Å²) in [5.41, 5.74) is 1.34. The van der Waals surface area contributed by atoms with Crippen LogP contribution in [0, 0.1) is 11.8 Å². The average molecular weight is 302 g/mol. The third-order valence-electron chi connectivity index (χ3n) is 4.52. The topological polar surface area (TPSA) is 54.4 Å². The van der Waals surface area contributed by atoms with E-state index in [0.717, 1.165) is 10.8 Å². The van der Waals surface area contributed by atoms with Crippen molar-refractivity contribution in [1.82, 2.24) is 0 Å². The molecule has 0 aromatic heterocycles. The summed E-state index contributed by atoms with van der Waals surface area (Å²) in [7, 11) is 0. The molecule has 2 aliphatic rings. The number of aromatic hydroxyl groups is 1. The molecule has 0 radical (unpaired) electrons. The minimum atomic E-state index is -0.506. The van der Waals surface area contributed by atoms with Crippen LogP contribution in [0.4, 0.5) is 0 Å². The fourth-order valence-corrected chi connectivity index (χ4v) is 3.43. The molecule has 3 nitrogen and oxygen atoms in total. The maximum absolute atomic E-state index is 12.1. The lowest BCUT2D eigenvalue weighted by molar-refractivity contribution is -0.136. The number of hydrogen-bond acceptors (Lipinski definition) is 3. The average Bonchev–Trinajstić information content (AvgIpc) is 2.58. The summed E-state index contributed by atoms with van der Waals surface area (Å²) in [6, 6.07) is 11.2. The Balaban J connectivity index is 2.00. The van der Waals surface area contributed by atoms with Gasteiger partial charge >= 0.3 is 0 Å². The van der Waals surface area contributed by atoms with Gasteiger partial charge in [0.25, 0.3) is 0 Å².